The third-order valence-corrected chi connectivity index (χ3v) is 3.69. The first kappa shape index (κ1) is 14.0. The first-order valence-electron chi connectivity index (χ1n) is 6.43. The molecule has 3 rings (SSSR count). The molecule has 0 amide bonds. The molecule has 1 aromatic carbocycles. The largest absolute Gasteiger partial charge is 0.363 e. The Bertz CT molecular complexity index is 791. The Morgan fingerprint density at radius 2 is 1.86 bits per heavy atom. The molecule has 106 valence electrons. The van der Waals surface area contributed by atoms with Gasteiger partial charge in [0.2, 0.25) is 0 Å². The van der Waals surface area contributed by atoms with E-state index in [2.05, 4.69) is 20.3 Å². The van der Waals surface area contributed by atoms with Crippen LogP contribution in [0.2, 0.25) is 10.0 Å². The minimum atomic E-state index is -0.00334. The summed E-state index contributed by atoms with van der Waals surface area (Å²) >= 11 is 12.1. The summed E-state index contributed by atoms with van der Waals surface area (Å²) in [7, 11) is 0. The second kappa shape index (κ2) is 5.84. The Labute approximate surface area is 132 Å². The first-order chi connectivity index (χ1) is 10.1. The van der Waals surface area contributed by atoms with Gasteiger partial charge in [0.15, 0.2) is 5.65 Å². The van der Waals surface area contributed by atoms with Crippen molar-refractivity contribution in [2.75, 3.05) is 5.32 Å². The first-order valence-corrected chi connectivity index (χ1v) is 7.18. The lowest BCUT2D eigenvalue weighted by molar-refractivity contribution is 0.876. The van der Waals surface area contributed by atoms with E-state index in [0.717, 1.165) is 16.9 Å². The molecule has 0 bridgehead atoms. The van der Waals surface area contributed by atoms with E-state index in [4.69, 9.17) is 23.2 Å². The smallest absolute Gasteiger partial charge is 0.180 e. The van der Waals surface area contributed by atoms with E-state index in [1.807, 2.05) is 31.2 Å². The maximum absolute atomic E-state index is 6.22. The van der Waals surface area contributed by atoms with Gasteiger partial charge in [0.05, 0.1) is 6.04 Å². The zero-order valence-electron chi connectivity index (χ0n) is 11.2. The maximum atomic E-state index is 6.22. The van der Waals surface area contributed by atoms with Gasteiger partial charge in [-0.3, -0.25) is 4.98 Å². The molecule has 21 heavy (non-hydrogen) atoms. The van der Waals surface area contributed by atoms with Crippen LogP contribution in [0.15, 0.2) is 42.7 Å². The van der Waals surface area contributed by atoms with E-state index in [1.54, 1.807) is 18.5 Å². The highest BCUT2D eigenvalue weighted by molar-refractivity contribution is 6.35. The van der Waals surface area contributed by atoms with Gasteiger partial charge in [-0.2, -0.15) is 0 Å². The van der Waals surface area contributed by atoms with Gasteiger partial charge >= 0.3 is 0 Å². The van der Waals surface area contributed by atoms with Crippen molar-refractivity contribution in [1.29, 1.82) is 0 Å². The van der Waals surface area contributed by atoms with Gasteiger partial charge in [0.25, 0.3) is 0 Å². The zero-order chi connectivity index (χ0) is 14.8. The van der Waals surface area contributed by atoms with Crippen molar-refractivity contribution in [2.45, 2.75) is 13.0 Å². The Kier molecular flexibility index (Phi) is 3.90. The van der Waals surface area contributed by atoms with Gasteiger partial charge in [-0.15, -0.1) is 0 Å². The molecule has 0 saturated carbocycles. The molecule has 0 saturated heterocycles. The molecule has 2 heterocycles. The number of aromatic nitrogens is 3. The molecule has 0 radical (unpaired) electrons. The number of rotatable bonds is 3. The predicted octanol–water partition coefficient (Wildman–Crippen LogP) is 4.50. The lowest BCUT2D eigenvalue weighted by Crippen LogP contribution is -2.08. The average Bonchev–Trinajstić information content (AvgIpc) is 2.47. The fourth-order valence-corrected chi connectivity index (χ4v) is 2.66. The Balaban J connectivity index is 1.87. The summed E-state index contributed by atoms with van der Waals surface area (Å²) in [5.74, 6) is 0.724. The van der Waals surface area contributed by atoms with Crippen LogP contribution in [0.1, 0.15) is 18.5 Å². The topological polar surface area (TPSA) is 50.7 Å². The molecule has 0 fully saturated rings. The van der Waals surface area contributed by atoms with Crippen molar-refractivity contribution >= 4 is 40.2 Å². The van der Waals surface area contributed by atoms with E-state index in [-0.39, 0.29) is 6.04 Å². The molecular formula is C15H12Cl2N4. The van der Waals surface area contributed by atoms with Crippen LogP contribution in [-0.4, -0.2) is 15.0 Å². The quantitative estimate of drug-likeness (QED) is 0.772. The van der Waals surface area contributed by atoms with Gasteiger partial charge in [0.1, 0.15) is 11.3 Å². The fraction of sp³-hybridized carbons (Fsp3) is 0.133. The van der Waals surface area contributed by atoms with Crippen LogP contribution >= 0.6 is 23.2 Å². The van der Waals surface area contributed by atoms with Crippen LogP contribution in [0.25, 0.3) is 11.2 Å². The second-order valence-electron chi connectivity index (χ2n) is 4.63. The van der Waals surface area contributed by atoms with Crippen LogP contribution in [0.5, 0.6) is 0 Å². The molecule has 4 nitrogen and oxygen atoms in total. The number of pyridine rings is 1. The number of hydrogen-bond acceptors (Lipinski definition) is 4. The summed E-state index contributed by atoms with van der Waals surface area (Å²) in [4.78, 5) is 12.8. The monoisotopic (exact) mass is 318 g/mol. The molecule has 6 heteroatoms. The zero-order valence-corrected chi connectivity index (χ0v) is 12.7. The van der Waals surface area contributed by atoms with Gasteiger partial charge < -0.3 is 5.32 Å². The van der Waals surface area contributed by atoms with E-state index in [9.17, 15) is 0 Å². The predicted molar refractivity (Wildman–Crippen MR) is 85.8 cm³/mol. The SMILES string of the molecule is CC(Nc1ccc2nccnc2n1)c1ccc(Cl)cc1Cl. The number of nitrogens with one attached hydrogen (secondary N) is 1. The molecular weight excluding hydrogens is 307 g/mol. The van der Waals surface area contributed by atoms with Crippen molar-refractivity contribution in [3.8, 4) is 0 Å². The highest BCUT2D eigenvalue weighted by Crippen LogP contribution is 2.28. The van der Waals surface area contributed by atoms with Gasteiger partial charge in [-0.05, 0) is 36.8 Å². The van der Waals surface area contributed by atoms with Crippen LogP contribution < -0.4 is 5.32 Å². The summed E-state index contributed by atoms with van der Waals surface area (Å²) in [6.07, 6.45) is 3.27. The summed E-state index contributed by atoms with van der Waals surface area (Å²) in [5.41, 5.74) is 2.33. The van der Waals surface area contributed by atoms with Crippen molar-refractivity contribution in [3.05, 3.63) is 58.3 Å². The van der Waals surface area contributed by atoms with Crippen LogP contribution in [0.4, 0.5) is 5.82 Å². The molecule has 1 N–H and O–H groups in total. The summed E-state index contributed by atoms with van der Waals surface area (Å²) in [6, 6.07) is 9.21. The molecule has 0 aliphatic rings. The van der Waals surface area contributed by atoms with Crippen LogP contribution in [-0.2, 0) is 0 Å². The van der Waals surface area contributed by atoms with Crippen LogP contribution in [0.3, 0.4) is 0 Å². The number of anilines is 1. The number of benzene rings is 1. The van der Waals surface area contributed by atoms with Crippen molar-refractivity contribution in [3.63, 3.8) is 0 Å². The maximum Gasteiger partial charge on any atom is 0.180 e. The van der Waals surface area contributed by atoms with E-state index >= 15 is 0 Å². The molecule has 0 aliphatic carbocycles. The molecule has 1 atom stereocenters. The summed E-state index contributed by atoms with van der Waals surface area (Å²) in [5, 5.41) is 4.55. The lowest BCUT2D eigenvalue weighted by atomic mass is 10.1. The van der Waals surface area contributed by atoms with Gasteiger partial charge in [0, 0.05) is 22.4 Å². The number of nitrogens with zero attached hydrogens (tertiary/aromatic N) is 3. The highest BCUT2D eigenvalue weighted by atomic mass is 35.5. The Hall–Kier alpha value is -1.91. The normalized spacial score (nSPS) is 12.3. The van der Waals surface area contributed by atoms with Gasteiger partial charge in [-0.25, -0.2) is 9.97 Å². The number of hydrogen-bond donors (Lipinski definition) is 1. The van der Waals surface area contributed by atoms with Crippen molar-refractivity contribution in [1.82, 2.24) is 15.0 Å². The molecule has 0 aliphatic heterocycles. The van der Waals surface area contributed by atoms with Crippen molar-refractivity contribution < 1.29 is 0 Å². The molecule has 0 spiro atoms. The number of fused-ring (bicyclic) bond motifs is 1. The molecule has 2 aromatic heterocycles. The number of halogens is 2. The third kappa shape index (κ3) is 3.06. The summed E-state index contributed by atoms with van der Waals surface area (Å²) < 4.78 is 0. The van der Waals surface area contributed by atoms with E-state index in [0.29, 0.717) is 15.7 Å². The van der Waals surface area contributed by atoms with E-state index < -0.39 is 0 Å². The summed E-state index contributed by atoms with van der Waals surface area (Å²) in [6.45, 7) is 2.01. The van der Waals surface area contributed by atoms with Gasteiger partial charge in [-0.1, -0.05) is 29.3 Å². The minimum absolute atomic E-state index is 0.00334. The standard InChI is InChI=1S/C15H12Cl2N4/c1-9(11-3-2-10(16)8-12(11)17)20-14-5-4-13-15(21-14)19-7-6-18-13/h2-9H,1H3,(H,19,20,21). The van der Waals surface area contributed by atoms with Crippen molar-refractivity contribution in [2.24, 2.45) is 0 Å². The third-order valence-electron chi connectivity index (χ3n) is 3.13. The Morgan fingerprint density at radius 1 is 1.05 bits per heavy atom. The molecule has 1 unspecified atom stereocenters. The fourth-order valence-electron chi connectivity index (χ4n) is 2.09. The van der Waals surface area contributed by atoms with Crippen LogP contribution in [0, 0.1) is 0 Å². The molecule has 3 aromatic rings. The average molecular weight is 319 g/mol. The minimum Gasteiger partial charge on any atom is -0.363 e. The Morgan fingerprint density at radius 3 is 2.67 bits per heavy atom. The lowest BCUT2D eigenvalue weighted by Gasteiger charge is -2.16. The van der Waals surface area contributed by atoms with E-state index in [1.165, 1.54) is 0 Å². The second-order valence-corrected chi connectivity index (χ2v) is 5.47. The highest BCUT2D eigenvalue weighted by Gasteiger charge is 2.11.